The summed E-state index contributed by atoms with van der Waals surface area (Å²) in [7, 11) is 1.61. The summed E-state index contributed by atoms with van der Waals surface area (Å²) in [6.07, 6.45) is -3.67. The van der Waals surface area contributed by atoms with E-state index in [1.165, 1.54) is 4.90 Å². The molecule has 2 unspecified atom stereocenters. The molecule has 28 heavy (non-hydrogen) atoms. The smallest absolute Gasteiger partial charge is 0.401 e. The molecule has 0 spiro atoms. The van der Waals surface area contributed by atoms with Crippen LogP contribution in [-0.4, -0.2) is 69.0 Å². The number of nitrogens with one attached hydrogen (secondary N) is 2. The van der Waals surface area contributed by atoms with Crippen molar-refractivity contribution in [2.24, 2.45) is 4.99 Å². The first-order valence-electron chi connectivity index (χ1n) is 9.43. The number of methoxy groups -OCH3 is 1. The fraction of sp³-hybridized carbons (Fsp3) is 0.632. The van der Waals surface area contributed by atoms with Crippen LogP contribution in [0.2, 0.25) is 0 Å². The lowest BCUT2D eigenvalue weighted by Gasteiger charge is -2.20. The van der Waals surface area contributed by atoms with Crippen LogP contribution >= 0.6 is 0 Å². The first-order chi connectivity index (χ1) is 13.3. The van der Waals surface area contributed by atoms with E-state index in [0.717, 1.165) is 11.5 Å². The molecule has 1 aromatic carbocycles. The molecule has 9 heteroatoms. The summed E-state index contributed by atoms with van der Waals surface area (Å²) in [5, 5.41) is 6.36. The van der Waals surface area contributed by atoms with Crippen molar-refractivity contribution in [3.8, 4) is 11.5 Å². The van der Waals surface area contributed by atoms with Gasteiger partial charge in [-0.25, -0.2) is 4.99 Å². The van der Waals surface area contributed by atoms with Gasteiger partial charge in [0.25, 0.3) is 0 Å². The second-order valence-electron chi connectivity index (χ2n) is 6.80. The van der Waals surface area contributed by atoms with Crippen molar-refractivity contribution >= 4 is 5.96 Å². The van der Waals surface area contributed by atoms with Gasteiger partial charge in [-0.3, -0.25) is 4.90 Å². The number of aliphatic imine (C=N–C) groups is 1. The van der Waals surface area contributed by atoms with Crippen LogP contribution in [0.3, 0.4) is 0 Å². The molecule has 158 valence electrons. The number of ether oxygens (including phenoxy) is 2. The number of benzene rings is 1. The highest BCUT2D eigenvalue weighted by atomic mass is 19.4. The first-order valence-corrected chi connectivity index (χ1v) is 9.43. The molecule has 1 aliphatic rings. The van der Waals surface area contributed by atoms with Crippen LogP contribution in [0.5, 0.6) is 11.5 Å². The van der Waals surface area contributed by atoms with E-state index >= 15 is 0 Å². The summed E-state index contributed by atoms with van der Waals surface area (Å²) >= 11 is 0. The minimum atomic E-state index is -4.16. The molecule has 2 atom stereocenters. The quantitative estimate of drug-likeness (QED) is 0.517. The van der Waals surface area contributed by atoms with E-state index < -0.39 is 12.7 Å². The zero-order valence-electron chi connectivity index (χ0n) is 16.6. The summed E-state index contributed by atoms with van der Waals surface area (Å²) in [5.41, 5.74) is 0. The number of hydrogen-bond acceptors (Lipinski definition) is 4. The summed E-state index contributed by atoms with van der Waals surface area (Å²) in [6, 6.07) is 7.25. The van der Waals surface area contributed by atoms with Gasteiger partial charge >= 0.3 is 6.18 Å². The molecule has 0 saturated carbocycles. The standard InChI is InChI=1S/C19H29F3N4O2/c1-4-23-18(25-15-9-10-26(12-15)13-19(20,21)22)24-11-14(2)28-17-7-5-16(27-3)6-8-17/h5-8,14-15H,4,9-13H2,1-3H3,(H2,23,24,25). The lowest BCUT2D eigenvalue weighted by Crippen LogP contribution is -2.45. The van der Waals surface area contributed by atoms with E-state index in [2.05, 4.69) is 15.6 Å². The van der Waals surface area contributed by atoms with Crippen molar-refractivity contribution in [3.63, 3.8) is 0 Å². The van der Waals surface area contributed by atoms with Crippen molar-refractivity contribution in [1.82, 2.24) is 15.5 Å². The zero-order chi connectivity index (χ0) is 20.6. The molecule has 1 aromatic rings. The molecule has 2 rings (SSSR count). The van der Waals surface area contributed by atoms with Crippen molar-refractivity contribution < 1.29 is 22.6 Å². The molecule has 0 aliphatic carbocycles. The van der Waals surface area contributed by atoms with Crippen LogP contribution in [0.4, 0.5) is 13.2 Å². The fourth-order valence-electron chi connectivity index (χ4n) is 3.00. The van der Waals surface area contributed by atoms with Crippen molar-refractivity contribution in [2.75, 3.05) is 39.8 Å². The van der Waals surface area contributed by atoms with Crippen molar-refractivity contribution in [3.05, 3.63) is 24.3 Å². The fourth-order valence-corrected chi connectivity index (χ4v) is 3.00. The molecule has 6 nitrogen and oxygen atoms in total. The van der Waals surface area contributed by atoms with E-state index in [1.54, 1.807) is 7.11 Å². The maximum absolute atomic E-state index is 12.5. The molecule has 0 bridgehead atoms. The molecule has 0 aromatic heterocycles. The van der Waals surface area contributed by atoms with E-state index in [9.17, 15) is 13.2 Å². The molecule has 0 radical (unpaired) electrons. The zero-order valence-corrected chi connectivity index (χ0v) is 16.6. The number of hydrogen-bond donors (Lipinski definition) is 2. The minimum absolute atomic E-state index is 0.0574. The van der Waals surface area contributed by atoms with E-state index in [0.29, 0.717) is 38.6 Å². The predicted molar refractivity (Wildman–Crippen MR) is 103 cm³/mol. The summed E-state index contributed by atoms with van der Waals surface area (Å²) < 4.78 is 48.5. The Balaban J connectivity index is 1.84. The maximum atomic E-state index is 12.5. The molecule has 1 saturated heterocycles. The van der Waals surface area contributed by atoms with Gasteiger partial charge in [0, 0.05) is 25.7 Å². The van der Waals surface area contributed by atoms with Gasteiger partial charge in [-0.1, -0.05) is 0 Å². The second-order valence-corrected chi connectivity index (χ2v) is 6.80. The van der Waals surface area contributed by atoms with Gasteiger partial charge in [-0.2, -0.15) is 13.2 Å². The number of halogens is 3. The van der Waals surface area contributed by atoms with Gasteiger partial charge in [0.05, 0.1) is 20.2 Å². The van der Waals surface area contributed by atoms with Gasteiger partial charge in [0.15, 0.2) is 5.96 Å². The molecular weight excluding hydrogens is 373 g/mol. The number of rotatable bonds is 8. The lowest BCUT2D eigenvalue weighted by molar-refractivity contribution is -0.143. The predicted octanol–water partition coefficient (Wildman–Crippen LogP) is 2.65. The molecule has 0 amide bonds. The van der Waals surface area contributed by atoms with E-state index in [-0.39, 0.29) is 12.1 Å². The molecule has 1 aliphatic heterocycles. The number of likely N-dealkylation sites (tertiary alicyclic amines) is 1. The van der Waals surface area contributed by atoms with Crippen LogP contribution in [0.15, 0.2) is 29.3 Å². The molecular formula is C19H29F3N4O2. The maximum Gasteiger partial charge on any atom is 0.401 e. The molecule has 1 heterocycles. The highest BCUT2D eigenvalue weighted by molar-refractivity contribution is 5.80. The Hall–Kier alpha value is -2.16. The Bertz CT molecular complexity index is 623. The normalized spacial score (nSPS) is 19.4. The Morgan fingerprint density at radius 1 is 1.29 bits per heavy atom. The molecule has 2 N–H and O–H groups in total. The van der Waals surface area contributed by atoms with Crippen LogP contribution in [-0.2, 0) is 0 Å². The Morgan fingerprint density at radius 2 is 1.96 bits per heavy atom. The van der Waals surface area contributed by atoms with Crippen LogP contribution in [0.1, 0.15) is 20.3 Å². The third-order valence-electron chi connectivity index (χ3n) is 4.26. The van der Waals surface area contributed by atoms with Gasteiger partial charge in [0.1, 0.15) is 17.6 Å². The monoisotopic (exact) mass is 402 g/mol. The number of nitrogens with zero attached hydrogens (tertiary/aromatic N) is 2. The summed E-state index contributed by atoms with van der Waals surface area (Å²) in [6.45, 7) is 4.84. The number of alkyl halides is 3. The summed E-state index contributed by atoms with van der Waals surface area (Å²) in [4.78, 5) is 5.92. The van der Waals surface area contributed by atoms with Crippen LogP contribution in [0, 0.1) is 0 Å². The lowest BCUT2D eigenvalue weighted by atomic mass is 10.3. The van der Waals surface area contributed by atoms with Gasteiger partial charge in [-0.05, 0) is 44.5 Å². The van der Waals surface area contributed by atoms with E-state index in [4.69, 9.17) is 9.47 Å². The largest absolute Gasteiger partial charge is 0.497 e. The van der Waals surface area contributed by atoms with Gasteiger partial charge in [-0.15, -0.1) is 0 Å². The average molecular weight is 402 g/mol. The Labute approximate surface area is 164 Å². The van der Waals surface area contributed by atoms with Gasteiger partial charge in [0.2, 0.25) is 0 Å². The minimum Gasteiger partial charge on any atom is -0.497 e. The van der Waals surface area contributed by atoms with Gasteiger partial charge < -0.3 is 20.1 Å². The third-order valence-corrected chi connectivity index (χ3v) is 4.26. The first kappa shape index (κ1) is 22.1. The third kappa shape index (κ3) is 7.84. The highest BCUT2D eigenvalue weighted by Gasteiger charge is 2.34. The average Bonchev–Trinajstić information content (AvgIpc) is 3.05. The SMILES string of the molecule is CCNC(=NCC(C)Oc1ccc(OC)cc1)NC1CCN(CC(F)(F)F)C1. The van der Waals surface area contributed by atoms with Crippen molar-refractivity contribution in [2.45, 2.75) is 38.6 Å². The Morgan fingerprint density at radius 3 is 2.57 bits per heavy atom. The Kier molecular flexibility index (Phi) is 8.22. The number of guanidine groups is 1. The summed E-state index contributed by atoms with van der Waals surface area (Å²) in [5.74, 6) is 2.07. The van der Waals surface area contributed by atoms with E-state index in [1.807, 2.05) is 38.1 Å². The van der Waals surface area contributed by atoms with Crippen LogP contribution in [0.25, 0.3) is 0 Å². The van der Waals surface area contributed by atoms with Crippen LogP contribution < -0.4 is 20.1 Å². The molecule has 1 fully saturated rings. The topological polar surface area (TPSA) is 58.1 Å². The second kappa shape index (κ2) is 10.4. The highest BCUT2D eigenvalue weighted by Crippen LogP contribution is 2.20. The van der Waals surface area contributed by atoms with Crippen molar-refractivity contribution in [1.29, 1.82) is 0 Å².